The van der Waals surface area contributed by atoms with E-state index in [1.165, 1.54) is 5.56 Å². The van der Waals surface area contributed by atoms with Gasteiger partial charge in [-0.2, -0.15) is 0 Å². The van der Waals surface area contributed by atoms with E-state index in [0.29, 0.717) is 13.2 Å². The van der Waals surface area contributed by atoms with Crippen molar-refractivity contribution in [1.29, 1.82) is 0 Å². The number of carbonyl (C=O) groups is 1. The SMILES string of the molecule is CC.O=C(C1CN(Cc2ccccc2)CCO1)N1CCNCC1. The Kier molecular flexibility index (Phi) is 7.52. The molecule has 2 fully saturated rings. The molecular formula is C18H29N3O2. The zero-order valence-corrected chi connectivity index (χ0v) is 14.3. The average Bonchev–Trinajstić information content (AvgIpc) is 2.64. The van der Waals surface area contributed by atoms with Crippen molar-refractivity contribution in [3.63, 3.8) is 0 Å². The van der Waals surface area contributed by atoms with Gasteiger partial charge in [0, 0.05) is 45.8 Å². The maximum Gasteiger partial charge on any atom is 0.253 e. The number of carbonyl (C=O) groups excluding carboxylic acids is 1. The Bertz CT molecular complexity index is 461. The summed E-state index contributed by atoms with van der Waals surface area (Å²) in [5.41, 5.74) is 1.28. The van der Waals surface area contributed by atoms with Gasteiger partial charge in [0.25, 0.3) is 5.91 Å². The van der Waals surface area contributed by atoms with E-state index >= 15 is 0 Å². The predicted octanol–water partition coefficient (Wildman–Crippen LogP) is 1.35. The lowest BCUT2D eigenvalue weighted by atomic mass is 10.1. The lowest BCUT2D eigenvalue weighted by molar-refractivity contribution is -0.150. The number of hydrogen-bond acceptors (Lipinski definition) is 4. The van der Waals surface area contributed by atoms with E-state index in [2.05, 4.69) is 34.5 Å². The maximum atomic E-state index is 12.5. The van der Waals surface area contributed by atoms with Gasteiger partial charge in [-0.15, -0.1) is 0 Å². The minimum atomic E-state index is -0.305. The van der Waals surface area contributed by atoms with Gasteiger partial charge in [-0.1, -0.05) is 44.2 Å². The number of amides is 1. The van der Waals surface area contributed by atoms with Gasteiger partial charge in [-0.05, 0) is 5.56 Å². The Labute approximate surface area is 139 Å². The predicted molar refractivity (Wildman–Crippen MR) is 92.3 cm³/mol. The highest BCUT2D eigenvalue weighted by molar-refractivity contribution is 5.81. The summed E-state index contributed by atoms with van der Waals surface area (Å²) in [6.07, 6.45) is -0.305. The van der Waals surface area contributed by atoms with E-state index in [9.17, 15) is 4.79 Å². The average molecular weight is 319 g/mol. The quantitative estimate of drug-likeness (QED) is 0.913. The minimum absolute atomic E-state index is 0.147. The Balaban J connectivity index is 0.000000924. The molecule has 2 saturated heterocycles. The second-order valence-electron chi connectivity index (χ2n) is 5.66. The molecule has 2 heterocycles. The first-order chi connectivity index (χ1) is 11.3. The molecule has 5 heteroatoms. The fourth-order valence-corrected chi connectivity index (χ4v) is 2.93. The van der Waals surface area contributed by atoms with Gasteiger partial charge < -0.3 is 15.0 Å². The molecule has 0 aliphatic carbocycles. The summed E-state index contributed by atoms with van der Waals surface area (Å²) >= 11 is 0. The van der Waals surface area contributed by atoms with E-state index < -0.39 is 0 Å². The molecular weight excluding hydrogens is 290 g/mol. The van der Waals surface area contributed by atoms with Crippen LogP contribution < -0.4 is 5.32 Å². The molecule has 1 unspecified atom stereocenters. The number of nitrogens with zero attached hydrogens (tertiary/aromatic N) is 2. The van der Waals surface area contributed by atoms with Crippen molar-refractivity contribution in [2.75, 3.05) is 45.9 Å². The molecule has 2 aliphatic rings. The van der Waals surface area contributed by atoms with Crippen LogP contribution in [0, 0.1) is 0 Å². The van der Waals surface area contributed by atoms with Crippen LogP contribution in [0.25, 0.3) is 0 Å². The van der Waals surface area contributed by atoms with Gasteiger partial charge >= 0.3 is 0 Å². The summed E-state index contributed by atoms with van der Waals surface area (Å²) < 4.78 is 5.71. The molecule has 0 spiro atoms. The van der Waals surface area contributed by atoms with Gasteiger partial charge in [-0.3, -0.25) is 9.69 Å². The zero-order chi connectivity index (χ0) is 16.5. The molecule has 3 rings (SSSR count). The molecule has 23 heavy (non-hydrogen) atoms. The van der Waals surface area contributed by atoms with Crippen LogP contribution in [0.2, 0.25) is 0 Å². The van der Waals surface area contributed by atoms with Crippen LogP contribution in [-0.2, 0) is 16.1 Å². The third-order valence-electron chi connectivity index (χ3n) is 4.10. The highest BCUT2D eigenvalue weighted by Crippen LogP contribution is 2.12. The van der Waals surface area contributed by atoms with Gasteiger partial charge in [0.2, 0.25) is 0 Å². The number of hydrogen-bond donors (Lipinski definition) is 1. The van der Waals surface area contributed by atoms with Crippen molar-refractivity contribution in [2.45, 2.75) is 26.5 Å². The third-order valence-corrected chi connectivity index (χ3v) is 4.10. The number of benzene rings is 1. The van der Waals surface area contributed by atoms with Gasteiger partial charge in [0.05, 0.1) is 6.61 Å². The molecule has 1 amide bonds. The summed E-state index contributed by atoms with van der Waals surface area (Å²) in [5.74, 6) is 0.147. The molecule has 1 aromatic rings. The smallest absolute Gasteiger partial charge is 0.253 e. The summed E-state index contributed by atoms with van der Waals surface area (Å²) in [4.78, 5) is 16.7. The molecule has 1 N–H and O–H groups in total. The van der Waals surface area contributed by atoms with E-state index in [4.69, 9.17) is 4.74 Å². The van der Waals surface area contributed by atoms with E-state index in [1.54, 1.807) is 0 Å². The minimum Gasteiger partial charge on any atom is -0.366 e. The number of morpholine rings is 1. The Hall–Kier alpha value is -1.43. The van der Waals surface area contributed by atoms with Crippen molar-refractivity contribution in [1.82, 2.24) is 15.1 Å². The molecule has 128 valence electrons. The maximum absolute atomic E-state index is 12.5. The van der Waals surface area contributed by atoms with Crippen molar-refractivity contribution in [3.05, 3.63) is 35.9 Å². The van der Waals surface area contributed by atoms with E-state index in [0.717, 1.165) is 39.3 Å². The third kappa shape index (κ3) is 5.30. The normalized spacial score (nSPS) is 22.2. The van der Waals surface area contributed by atoms with Crippen LogP contribution in [0.4, 0.5) is 0 Å². The van der Waals surface area contributed by atoms with Crippen LogP contribution in [0.1, 0.15) is 19.4 Å². The lowest BCUT2D eigenvalue weighted by Crippen LogP contribution is -2.54. The molecule has 5 nitrogen and oxygen atoms in total. The van der Waals surface area contributed by atoms with Gasteiger partial charge in [0.1, 0.15) is 6.10 Å². The second-order valence-corrected chi connectivity index (χ2v) is 5.66. The van der Waals surface area contributed by atoms with Crippen LogP contribution in [-0.4, -0.2) is 67.7 Å². The van der Waals surface area contributed by atoms with E-state index in [-0.39, 0.29) is 12.0 Å². The summed E-state index contributed by atoms with van der Waals surface area (Å²) in [5, 5.41) is 3.27. The van der Waals surface area contributed by atoms with E-state index in [1.807, 2.05) is 24.8 Å². The number of rotatable bonds is 3. The standard InChI is InChI=1S/C16H23N3O2.C2H6/c20-16(19-8-6-17-7-9-19)15-13-18(10-11-21-15)12-14-4-2-1-3-5-14;1-2/h1-5,15,17H,6-13H2;1-2H3. The van der Waals surface area contributed by atoms with Crippen molar-refractivity contribution >= 4 is 5.91 Å². The van der Waals surface area contributed by atoms with Crippen molar-refractivity contribution in [2.24, 2.45) is 0 Å². The Morgan fingerprint density at radius 1 is 1.17 bits per heavy atom. The lowest BCUT2D eigenvalue weighted by Gasteiger charge is -2.36. The summed E-state index contributed by atoms with van der Waals surface area (Å²) in [6.45, 7) is 10.4. The Morgan fingerprint density at radius 3 is 2.57 bits per heavy atom. The molecule has 0 aromatic heterocycles. The van der Waals surface area contributed by atoms with Crippen molar-refractivity contribution in [3.8, 4) is 0 Å². The topological polar surface area (TPSA) is 44.8 Å². The van der Waals surface area contributed by atoms with Gasteiger partial charge in [-0.25, -0.2) is 0 Å². The monoisotopic (exact) mass is 319 g/mol. The second kappa shape index (κ2) is 9.65. The first kappa shape index (κ1) is 17.9. The molecule has 2 aliphatic heterocycles. The van der Waals surface area contributed by atoms with Crippen LogP contribution in [0.3, 0.4) is 0 Å². The van der Waals surface area contributed by atoms with Gasteiger partial charge in [0.15, 0.2) is 0 Å². The number of nitrogens with one attached hydrogen (secondary N) is 1. The largest absolute Gasteiger partial charge is 0.366 e. The van der Waals surface area contributed by atoms with Crippen LogP contribution >= 0.6 is 0 Å². The fraction of sp³-hybridized carbons (Fsp3) is 0.611. The van der Waals surface area contributed by atoms with Crippen LogP contribution in [0.5, 0.6) is 0 Å². The van der Waals surface area contributed by atoms with Crippen molar-refractivity contribution < 1.29 is 9.53 Å². The first-order valence-electron chi connectivity index (χ1n) is 8.70. The first-order valence-corrected chi connectivity index (χ1v) is 8.70. The summed E-state index contributed by atoms with van der Waals surface area (Å²) in [7, 11) is 0. The number of piperazine rings is 1. The highest BCUT2D eigenvalue weighted by Gasteiger charge is 2.30. The zero-order valence-electron chi connectivity index (χ0n) is 14.3. The molecule has 0 bridgehead atoms. The molecule has 1 atom stereocenters. The summed E-state index contributed by atoms with van der Waals surface area (Å²) in [6, 6.07) is 10.4. The molecule has 0 saturated carbocycles. The fourth-order valence-electron chi connectivity index (χ4n) is 2.93. The Morgan fingerprint density at radius 2 is 1.87 bits per heavy atom. The molecule has 1 aromatic carbocycles. The highest BCUT2D eigenvalue weighted by atomic mass is 16.5. The van der Waals surface area contributed by atoms with Crippen LogP contribution in [0.15, 0.2) is 30.3 Å². The molecule has 0 radical (unpaired) electrons. The number of ether oxygens (including phenoxy) is 1.